The first kappa shape index (κ1) is 10.8. The predicted octanol–water partition coefficient (Wildman–Crippen LogP) is 2.83. The Morgan fingerprint density at radius 3 is 2.50 bits per heavy atom. The maximum absolute atomic E-state index is 13.0. The van der Waals surface area contributed by atoms with Crippen molar-refractivity contribution in [3.63, 3.8) is 0 Å². The van der Waals surface area contributed by atoms with Gasteiger partial charge in [0, 0.05) is 11.6 Å². The van der Waals surface area contributed by atoms with Crippen molar-refractivity contribution in [1.29, 1.82) is 0 Å². The minimum Gasteiger partial charge on any atom is -0.478 e. The van der Waals surface area contributed by atoms with Crippen LogP contribution in [-0.2, 0) is 4.79 Å². The first-order chi connectivity index (χ1) is 6.52. The molecule has 1 N–H and O–H groups in total. The largest absolute Gasteiger partial charge is 0.478 e. The highest BCUT2D eigenvalue weighted by Crippen LogP contribution is 2.24. The van der Waals surface area contributed by atoms with Crippen molar-refractivity contribution in [2.75, 3.05) is 0 Å². The molecule has 0 fully saturated rings. The van der Waals surface area contributed by atoms with Crippen LogP contribution in [0.2, 0.25) is 0 Å². The van der Waals surface area contributed by atoms with E-state index in [4.69, 9.17) is 5.11 Å². The quantitative estimate of drug-likeness (QED) is 0.658. The van der Waals surface area contributed by atoms with Crippen LogP contribution >= 0.6 is 15.9 Å². The van der Waals surface area contributed by atoms with Gasteiger partial charge in [0.15, 0.2) is 0 Å². The Kier molecular flexibility index (Phi) is 3.35. The second-order valence-corrected chi connectivity index (χ2v) is 3.22. The molecule has 0 atom stereocenters. The number of halogens is 3. The minimum atomic E-state index is -1.22. The summed E-state index contributed by atoms with van der Waals surface area (Å²) >= 11 is 2.82. The number of benzene rings is 1. The van der Waals surface area contributed by atoms with Crippen LogP contribution in [-0.4, -0.2) is 11.1 Å². The van der Waals surface area contributed by atoms with Crippen LogP contribution < -0.4 is 0 Å². The van der Waals surface area contributed by atoms with Gasteiger partial charge in [0.1, 0.15) is 11.6 Å². The molecular formula is C9H5BrF2O2. The van der Waals surface area contributed by atoms with E-state index in [1.54, 1.807) is 0 Å². The zero-order chi connectivity index (χ0) is 10.7. The van der Waals surface area contributed by atoms with Crippen molar-refractivity contribution in [1.82, 2.24) is 0 Å². The molecule has 0 bridgehead atoms. The number of carboxylic acid groups (broad SMARTS) is 1. The molecule has 0 aromatic heterocycles. The normalized spacial score (nSPS) is 10.8. The number of hydrogen-bond acceptors (Lipinski definition) is 1. The highest BCUT2D eigenvalue weighted by molar-refractivity contribution is 9.10. The lowest BCUT2D eigenvalue weighted by molar-refractivity contribution is -0.131. The van der Waals surface area contributed by atoms with Crippen LogP contribution in [0.4, 0.5) is 8.78 Å². The zero-order valence-corrected chi connectivity index (χ0v) is 8.38. The molecule has 0 radical (unpaired) electrons. The smallest absolute Gasteiger partial charge is 0.328 e. The molecule has 0 aliphatic rings. The van der Waals surface area contributed by atoms with Gasteiger partial charge in [-0.15, -0.1) is 0 Å². The first-order valence-electron chi connectivity index (χ1n) is 3.57. The van der Waals surface area contributed by atoms with E-state index < -0.39 is 17.6 Å². The maximum Gasteiger partial charge on any atom is 0.328 e. The van der Waals surface area contributed by atoms with Gasteiger partial charge in [-0.1, -0.05) is 0 Å². The van der Waals surface area contributed by atoms with Crippen molar-refractivity contribution in [3.05, 3.63) is 39.9 Å². The average Bonchev–Trinajstić information content (AvgIpc) is 2.11. The van der Waals surface area contributed by atoms with Gasteiger partial charge in [-0.2, -0.15) is 0 Å². The molecule has 0 unspecified atom stereocenters. The van der Waals surface area contributed by atoms with Crippen molar-refractivity contribution in [2.24, 2.45) is 0 Å². The molecule has 0 amide bonds. The highest BCUT2D eigenvalue weighted by atomic mass is 79.9. The molecule has 0 heterocycles. The molecule has 0 aliphatic heterocycles. The molecule has 0 spiro atoms. The third-order valence-corrected chi connectivity index (χ3v) is 2.28. The molecule has 0 saturated carbocycles. The van der Waals surface area contributed by atoms with Gasteiger partial charge in [0.05, 0.1) is 4.47 Å². The van der Waals surface area contributed by atoms with Crippen LogP contribution in [0.1, 0.15) is 5.56 Å². The van der Waals surface area contributed by atoms with Gasteiger partial charge < -0.3 is 5.11 Å². The first-order valence-corrected chi connectivity index (χ1v) is 4.36. The molecular weight excluding hydrogens is 258 g/mol. The zero-order valence-electron chi connectivity index (χ0n) is 6.80. The fourth-order valence-corrected chi connectivity index (χ4v) is 1.30. The van der Waals surface area contributed by atoms with Crippen LogP contribution in [0, 0.1) is 11.6 Å². The lowest BCUT2D eigenvalue weighted by Gasteiger charge is -2.00. The standard InChI is InChI=1S/C9H5BrF2O2/c10-9-5(1-4-8(13)14)6(11)2-3-7(9)12/h1-4H,(H,13,14)/b4-1+. The lowest BCUT2D eigenvalue weighted by Crippen LogP contribution is -1.91. The van der Waals surface area contributed by atoms with Crippen molar-refractivity contribution in [3.8, 4) is 0 Å². The second kappa shape index (κ2) is 4.32. The third kappa shape index (κ3) is 2.38. The Bertz CT molecular complexity index is 402. The summed E-state index contributed by atoms with van der Waals surface area (Å²) in [5, 5.41) is 8.31. The summed E-state index contributed by atoms with van der Waals surface area (Å²) < 4.78 is 25.8. The molecule has 14 heavy (non-hydrogen) atoms. The molecule has 0 aliphatic carbocycles. The van der Waals surface area contributed by atoms with Gasteiger partial charge >= 0.3 is 5.97 Å². The number of carbonyl (C=O) groups is 1. The molecule has 5 heteroatoms. The van der Waals surface area contributed by atoms with E-state index in [1.165, 1.54) is 0 Å². The topological polar surface area (TPSA) is 37.3 Å². The summed E-state index contributed by atoms with van der Waals surface area (Å²) in [4.78, 5) is 10.2. The van der Waals surface area contributed by atoms with E-state index in [0.29, 0.717) is 0 Å². The summed E-state index contributed by atoms with van der Waals surface area (Å²) in [7, 11) is 0. The summed E-state index contributed by atoms with van der Waals surface area (Å²) in [5.74, 6) is -2.55. The average molecular weight is 263 g/mol. The molecule has 1 aromatic rings. The third-order valence-electron chi connectivity index (χ3n) is 1.47. The Morgan fingerprint density at radius 2 is 1.93 bits per heavy atom. The Hall–Kier alpha value is -1.23. The van der Waals surface area contributed by atoms with Crippen molar-refractivity contribution in [2.45, 2.75) is 0 Å². The highest BCUT2D eigenvalue weighted by Gasteiger charge is 2.08. The number of aliphatic carboxylic acids is 1. The summed E-state index contributed by atoms with van der Waals surface area (Å²) in [6.45, 7) is 0. The second-order valence-electron chi connectivity index (χ2n) is 2.43. The van der Waals surface area contributed by atoms with Gasteiger partial charge in [-0.25, -0.2) is 13.6 Å². The van der Waals surface area contributed by atoms with Gasteiger partial charge in [0.2, 0.25) is 0 Å². The van der Waals surface area contributed by atoms with E-state index in [0.717, 1.165) is 24.3 Å². The minimum absolute atomic E-state index is 0.0880. The summed E-state index contributed by atoms with van der Waals surface area (Å²) in [5.41, 5.74) is -0.118. The molecule has 1 rings (SSSR count). The van der Waals surface area contributed by atoms with Gasteiger partial charge in [-0.3, -0.25) is 0 Å². The van der Waals surface area contributed by atoms with E-state index in [9.17, 15) is 13.6 Å². The number of carboxylic acids is 1. The molecule has 0 saturated heterocycles. The molecule has 74 valence electrons. The van der Waals surface area contributed by atoms with Gasteiger partial charge in [0.25, 0.3) is 0 Å². The Labute approximate surface area is 87.0 Å². The Morgan fingerprint density at radius 1 is 1.36 bits per heavy atom. The van der Waals surface area contributed by atoms with Crippen molar-refractivity contribution >= 4 is 28.0 Å². The van der Waals surface area contributed by atoms with E-state index in [1.807, 2.05) is 0 Å². The number of rotatable bonds is 2. The number of hydrogen-bond donors (Lipinski definition) is 1. The Balaban J connectivity index is 3.19. The molecule has 2 nitrogen and oxygen atoms in total. The van der Waals surface area contributed by atoms with Crippen LogP contribution in [0.15, 0.2) is 22.7 Å². The summed E-state index contributed by atoms with van der Waals surface area (Å²) in [6, 6.07) is 1.89. The van der Waals surface area contributed by atoms with Crippen LogP contribution in [0.25, 0.3) is 6.08 Å². The maximum atomic E-state index is 13.0. The fraction of sp³-hybridized carbons (Fsp3) is 0. The summed E-state index contributed by atoms with van der Waals surface area (Å²) in [6.07, 6.45) is 1.73. The fourth-order valence-electron chi connectivity index (χ4n) is 0.850. The van der Waals surface area contributed by atoms with E-state index >= 15 is 0 Å². The SMILES string of the molecule is O=C(O)/C=C/c1c(F)ccc(F)c1Br. The van der Waals surface area contributed by atoms with Gasteiger partial charge in [-0.05, 0) is 34.1 Å². The van der Waals surface area contributed by atoms with Crippen LogP contribution in [0.5, 0.6) is 0 Å². The van der Waals surface area contributed by atoms with E-state index in [2.05, 4.69) is 15.9 Å². The van der Waals surface area contributed by atoms with Crippen molar-refractivity contribution < 1.29 is 18.7 Å². The van der Waals surface area contributed by atoms with E-state index in [-0.39, 0.29) is 10.0 Å². The molecule has 1 aromatic carbocycles. The monoisotopic (exact) mass is 262 g/mol. The van der Waals surface area contributed by atoms with Crippen LogP contribution in [0.3, 0.4) is 0 Å². The lowest BCUT2D eigenvalue weighted by atomic mass is 10.2. The predicted molar refractivity (Wildman–Crippen MR) is 50.7 cm³/mol.